The molecule has 2 saturated carbocycles. The maximum Gasteiger partial charge on any atom is 0.115 e. The molecule has 4 heteroatoms. The predicted octanol–water partition coefficient (Wildman–Crippen LogP) is 9.58. The van der Waals surface area contributed by atoms with E-state index in [1.54, 1.807) is 48.5 Å². The van der Waals surface area contributed by atoms with E-state index in [9.17, 15) is 20.4 Å². The lowest BCUT2D eigenvalue weighted by atomic mass is 9.56. The Hall–Kier alpha value is -3.92. The molecule has 4 aromatic carbocycles. The zero-order chi connectivity index (χ0) is 30.7. The van der Waals surface area contributed by atoms with Gasteiger partial charge >= 0.3 is 0 Å². The summed E-state index contributed by atoms with van der Waals surface area (Å²) in [5, 5.41) is 40.1. The van der Waals surface area contributed by atoms with Crippen molar-refractivity contribution in [3.63, 3.8) is 0 Å². The third-order valence-electron chi connectivity index (χ3n) is 11.3. The largest absolute Gasteiger partial charge is 0.508 e. The Kier molecular flexibility index (Phi) is 8.62. The molecule has 0 atom stereocenters. The number of benzene rings is 4. The van der Waals surface area contributed by atoms with Crippen LogP contribution in [0, 0.1) is 17.8 Å². The molecule has 4 N–H and O–H groups in total. The van der Waals surface area contributed by atoms with Gasteiger partial charge in [0.2, 0.25) is 0 Å². The number of rotatable bonds is 8. The van der Waals surface area contributed by atoms with Crippen molar-refractivity contribution in [2.75, 3.05) is 0 Å². The van der Waals surface area contributed by atoms with Gasteiger partial charge in [-0.25, -0.2) is 0 Å². The first-order valence-corrected chi connectivity index (χ1v) is 16.5. The molecule has 0 spiro atoms. The van der Waals surface area contributed by atoms with Gasteiger partial charge in [-0.1, -0.05) is 68.3 Å². The van der Waals surface area contributed by atoms with Crippen molar-refractivity contribution < 1.29 is 20.4 Å². The smallest absolute Gasteiger partial charge is 0.115 e. The van der Waals surface area contributed by atoms with Crippen LogP contribution >= 0.6 is 0 Å². The van der Waals surface area contributed by atoms with E-state index < -0.39 is 0 Å². The fraction of sp³-hybridized carbons (Fsp3) is 0.400. The van der Waals surface area contributed by atoms with Gasteiger partial charge in [0, 0.05) is 10.8 Å². The van der Waals surface area contributed by atoms with E-state index in [0.717, 1.165) is 25.7 Å². The highest BCUT2D eigenvalue weighted by molar-refractivity contribution is 5.45. The number of hydrogen-bond acceptors (Lipinski definition) is 4. The van der Waals surface area contributed by atoms with Gasteiger partial charge in [-0.3, -0.25) is 0 Å². The molecule has 230 valence electrons. The lowest BCUT2D eigenvalue weighted by Crippen LogP contribution is -2.39. The van der Waals surface area contributed by atoms with Gasteiger partial charge in [0.25, 0.3) is 0 Å². The van der Waals surface area contributed by atoms with Gasteiger partial charge in [0.15, 0.2) is 0 Å². The molecular weight excluding hydrogens is 544 g/mol. The van der Waals surface area contributed by atoms with Gasteiger partial charge < -0.3 is 20.4 Å². The van der Waals surface area contributed by atoms with Crippen molar-refractivity contribution in [3.05, 3.63) is 119 Å². The summed E-state index contributed by atoms with van der Waals surface area (Å²) in [6, 6.07) is 31.1. The Morgan fingerprint density at radius 2 is 0.727 bits per heavy atom. The second-order valence-electron chi connectivity index (χ2n) is 13.5. The molecule has 0 aromatic heterocycles. The topological polar surface area (TPSA) is 80.9 Å². The minimum Gasteiger partial charge on any atom is -0.508 e. The summed E-state index contributed by atoms with van der Waals surface area (Å²) < 4.78 is 0. The molecule has 0 aliphatic heterocycles. The molecule has 0 bridgehead atoms. The summed E-state index contributed by atoms with van der Waals surface area (Å²) in [7, 11) is 0. The quantitative estimate of drug-likeness (QED) is 0.165. The Bertz CT molecular complexity index is 1280. The number of aromatic hydroxyl groups is 4. The molecule has 0 saturated heterocycles. The zero-order valence-electron chi connectivity index (χ0n) is 25.8. The third kappa shape index (κ3) is 5.79. The zero-order valence-corrected chi connectivity index (χ0v) is 25.8. The first-order chi connectivity index (χ1) is 21.3. The highest BCUT2D eigenvalue weighted by atomic mass is 16.3. The van der Waals surface area contributed by atoms with Crippen LogP contribution in [0.4, 0.5) is 0 Å². The second-order valence-corrected chi connectivity index (χ2v) is 13.5. The molecule has 4 nitrogen and oxygen atoms in total. The summed E-state index contributed by atoms with van der Waals surface area (Å²) in [5.41, 5.74) is 4.75. The van der Waals surface area contributed by atoms with Crippen LogP contribution < -0.4 is 0 Å². The van der Waals surface area contributed by atoms with Crippen molar-refractivity contribution in [1.82, 2.24) is 0 Å². The third-order valence-corrected chi connectivity index (χ3v) is 11.3. The maximum absolute atomic E-state index is 10.0. The van der Waals surface area contributed by atoms with E-state index in [4.69, 9.17) is 0 Å². The minimum absolute atomic E-state index is 0.117. The van der Waals surface area contributed by atoms with Crippen LogP contribution in [-0.4, -0.2) is 20.4 Å². The van der Waals surface area contributed by atoms with E-state index in [1.807, 2.05) is 0 Å². The molecule has 44 heavy (non-hydrogen) atoms. The molecule has 2 aliphatic carbocycles. The first-order valence-electron chi connectivity index (χ1n) is 16.5. The van der Waals surface area contributed by atoms with Gasteiger partial charge in [-0.05, 0) is 140 Å². The SMILES string of the molecule is CCCC(C1CCC(c2ccc(O)cc2)(c2ccc(O)cc2)CC1)C1CCC(c2ccc(O)cc2)(c2ccc(O)cc2)CC1. The van der Waals surface area contributed by atoms with Crippen molar-refractivity contribution >= 4 is 0 Å². The fourth-order valence-electron chi connectivity index (χ4n) is 8.92. The standard InChI is InChI=1S/C40H46O4/c1-2-3-38(28-20-24-39(25-21-28,30-4-12-34(41)13-5-30)31-6-14-35(42)15-7-31)29-22-26-40(27-23-29,32-8-16-36(43)17-9-32)33-10-18-37(44)19-11-33/h4-19,28-29,38,41-44H,2-3,20-27H2,1H3. The average Bonchev–Trinajstić information content (AvgIpc) is 3.05. The van der Waals surface area contributed by atoms with Crippen LogP contribution in [0.25, 0.3) is 0 Å². The normalized spacial score (nSPS) is 18.8. The van der Waals surface area contributed by atoms with E-state index in [-0.39, 0.29) is 10.8 Å². The van der Waals surface area contributed by atoms with Crippen LogP contribution in [-0.2, 0) is 10.8 Å². The Morgan fingerprint density at radius 3 is 0.955 bits per heavy atom. The summed E-state index contributed by atoms with van der Waals surface area (Å²) in [6.07, 6.45) is 11.4. The lowest BCUT2D eigenvalue weighted by molar-refractivity contribution is 0.101. The average molecular weight is 591 g/mol. The van der Waals surface area contributed by atoms with Crippen LogP contribution in [0.1, 0.15) is 93.4 Å². The van der Waals surface area contributed by atoms with Gasteiger partial charge in [-0.15, -0.1) is 0 Å². The molecule has 0 amide bonds. The van der Waals surface area contributed by atoms with Crippen molar-refractivity contribution in [2.45, 2.75) is 82.0 Å². The molecule has 4 aromatic rings. The molecular formula is C40H46O4. The van der Waals surface area contributed by atoms with Crippen molar-refractivity contribution in [1.29, 1.82) is 0 Å². The van der Waals surface area contributed by atoms with Gasteiger partial charge in [0.05, 0.1) is 0 Å². The van der Waals surface area contributed by atoms with Crippen LogP contribution in [0.5, 0.6) is 23.0 Å². The van der Waals surface area contributed by atoms with E-state index in [0.29, 0.717) is 40.8 Å². The van der Waals surface area contributed by atoms with Crippen LogP contribution in [0.15, 0.2) is 97.1 Å². The summed E-state index contributed by atoms with van der Waals surface area (Å²) in [4.78, 5) is 0. The minimum atomic E-state index is -0.117. The molecule has 6 rings (SSSR count). The van der Waals surface area contributed by atoms with E-state index in [2.05, 4.69) is 55.5 Å². The molecule has 0 heterocycles. The van der Waals surface area contributed by atoms with Gasteiger partial charge in [-0.2, -0.15) is 0 Å². The Morgan fingerprint density at radius 1 is 0.477 bits per heavy atom. The first kappa shape index (κ1) is 30.1. The molecule has 0 unspecified atom stereocenters. The number of hydrogen-bond donors (Lipinski definition) is 4. The van der Waals surface area contributed by atoms with Crippen molar-refractivity contribution in [3.8, 4) is 23.0 Å². The maximum atomic E-state index is 10.0. The number of phenolic OH excluding ortho intramolecular Hbond substituents is 4. The monoisotopic (exact) mass is 590 g/mol. The fourth-order valence-corrected chi connectivity index (χ4v) is 8.92. The highest BCUT2D eigenvalue weighted by Gasteiger charge is 2.44. The summed E-state index contributed by atoms with van der Waals surface area (Å²) in [5.74, 6) is 3.21. The van der Waals surface area contributed by atoms with Crippen LogP contribution in [0.3, 0.4) is 0 Å². The Labute approximate surface area is 262 Å². The molecule has 0 radical (unpaired) electrons. The summed E-state index contributed by atoms with van der Waals surface area (Å²) >= 11 is 0. The number of phenols is 4. The molecule has 2 fully saturated rings. The lowest BCUT2D eigenvalue weighted by Gasteiger charge is -2.48. The Balaban J connectivity index is 1.23. The highest BCUT2D eigenvalue weighted by Crippen LogP contribution is 2.54. The summed E-state index contributed by atoms with van der Waals surface area (Å²) in [6.45, 7) is 2.33. The van der Waals surface area contributed by atoms with Crippen LogP contribution in [0.2, 0.25) is 0 Å². The van der Waals surface area contributed by atoms with E-state index >= 15 is 0 Å². The molecule has 2 aliphatic rings. The van der Waals surface area contributed by atoms with Gasteiger partial charge in [0.1, 0.15) is 23.0 Å². The van der Waals surface area contributed by atoms with Crippen molar-refractivity contribution in [2.24, 2.45) is 17.8 Å². The van der Waals surface area contributed by atoms with E-state index in [1.165, 1.54) is 60.8 Å². The second kappa shape index (κ2) is 12.6. The predicted molar refractivity (Wildman–Crippen MR) is 176 cm³/mol.